The maximum Gasteiger partial charge on any atom is 0.257 e. The monoisotopic (exact) mass is 378 g/mol. The lowest BCUT2D eigenvalue weighted by Gasteiger charge is -2.28. The van der Waals surface area contributed by atoms with Gasteiger partial charge in [0.05, 0.1) is 5.56 Å². The molecule has 0 saturated carbocycles. The van der Waals surface area contributed by atoms with Gasteiger partial charge in [-0.05, 0) is 68.5 Å². The van der Waals surface area contributed by atoms with Crippen LogP contribution in [0.3, 0.4) is 0 Å². The summed E-state index contributed by atoms with van der Waals surface area (Å²) in [4.78, 5) is 21.9. The number of piperidine rings is 1. The minimum Gasteiger partial charge on any atom is -0.372 e. The molecule has 2 aromatic rings. The van der Waals surface area contributed by atoms with Crippen LogP contribution < -0.4 is 15.1 Å². The van der Waals surface area contributed by atoms with Gasteiger partial charge < -0.3 is 15.1 Å². The summed E-state index contributed by atoms with van der Waals surface area (Å²) in [5.74, 6) is 0.866. The Morgan fingerprint density at radius 1 is 0.750 bits per heavy atom. The van der Waals surface area contributed by atoms with Crippen molar-refractivity contribution < 1.29 is 4.79 Å². The third-order valence-corrected chi connectivity index (χ3v) is 5.79. The molecule has 28 heavy (non-hydrogen) atoms. The fourth-order valence-corrected chi connectivity index (χ4v) is 4.12. The molecule has 0 aliphatic carbocycles. The van der Waals surface area contributed by atoms with Gasteiger partial charge in [-0.1, -0.05) is 12.8 Å². The molecule has 148 valence electrons. The standard InChI is InChI=1S/C23H30N4O/c28-23(19-8-13-22(24-18-19)27-16-4-1-2-5-17-27)25-20-9-11-21(12-10-20)26-14-6-3-7-15-26/h8-13,18H,1-7,14-17H2,(H,25,28). The normalized spacial score (nSPS) is 17.9. The zero-order chi connectivity index (χ0) is 19.2. The summed E-state index contributed by atoms with van der Waals surface area (Å²) in [6.45, 7) is 4.37. The van der Waals surface area contributed by atoms with E-state index in [2.05, 4.69) is 32.2 Å². The molecule has 1 N–H and O–H groups in total. The van der Waals surface area contributed by atoms with E-state index in [4.69, 9.17) is 0 Å². The van der Waals surface area contributed by atoms with Crippen molar-refractivity contribution in [2.45, 2.75) is 44.9 Å². The summed E-state index contributed by atoms with van der Waals surface area (Å²) >= 11 is 0. The van der Waals surface area contributed by atoms with Crippen LogP contribution in [0.2, 0.25) is 0 Å². The van der Waals surface area contributed by atoms with Crippen LogP contribution in [-0.4, -0.2) is 37.1 Å². The van der Waals surface area contributed by atoms with E-state index in [9.17, 15) is 4.79 Å². The summed E-state index contributed by atoms with van der Waals surface area (Å²) in [6, 6.07) is 12.0. The first-order valence-corrected chi connectivity index (χ1v) is 10.7. The smallest absolute Gasteiger partial charge is 0.257 e. The predicted octanol–water partition coefficient (Wildman–Crippen LogP) is 4.70. The van der Waals surface area contributed by atoms with E-state index < -0.39 is 0 Å². The van der Waals surface area contributed by atoms with Crippen LogP contribution in [0.15, 0.2) is 42.6 Å². The van der Waals surface area contributed by atoms with E-state index >= 15 is 0 Å². The summed E-state index contributed by atoms with van der Waals surface area (Å²) in [7, 11) is 0. The van der Waals surface area contributed by atoms with Crippen molar-refractivity contribution in [3.8, 4) is 0 Å². The molecule has 1 aromatic carbocycles. The van der Waals surface area contributed by atoms with Crippen molar-refractivity contribution in [1.29, 1.82) is 0 Å². The first-order chi connectivity index (χ1) is 13.8. The molecule has 0 unspecified atom stereocenters. The van der Waals surface area contributed by atoms with E-state index in [1.165, 1.54) is 50.6 Å². The highest BCUT2D eigenvalue weighted by atomic mass is 16.1. The van der Waals surface area contributed by atoms with Gasteiger partial charge in [0, 0.05) is 43.8 Å². The third kappa shape index (κ3) is 4.64. The molecule has 2 aliphatic rings. The van der Waals surface area contributed by atoms with E-state index in [-0.39, 0.29) is 5.91 Å². The number of hydrogen-bond acceptors (Lipinski definition) is 4. The summed E-state index contributed by atoms with van der Waals surface area (Å²) in [5.41, 5.74) is 2.65. The van der Waals surface area contributed by atoms with Crippen LogP contribution in [0, 0.1) is 0 Å². The van der Waals surface area contributed by atoms with Gasteiger partial charge in [-0.25, -0.2) is 4.98 Å². The molecular weight excluding hydrogens is 348 g/mol. The number of carbonyl (C=O) groups is 1. The summed E-state index contributed by atoms with van der Waals surface area (Å²) in [6.07, 6.45) is 10.6. The van der Waals surface area contributed by atoms with Gasteiger partial charge in [-0.15, -0.1) is 0 Å². The van der Waals surface area contributed by atoms with Crippen molar-refractivity contribution in [2.24, 2.45) is 0 Å². The second kappa shape index (κ2) is 9.09. The molecule has 5 heteroatoms. The Hall–Kier alpha value is -2.56. The third-order valence-electron chi connectivity index (χ3n) is 5.79. The minimum absolute atomic E-state index is 0.111. The largest absolute Gasteiger partial charge is 0.372 e. The number of anilines is 3. The average Bonchev–Trinajstić information content (AvgIpc) is 3.05. The Morgan fingerprint density at radius 2 is 1.36 bits per heavy atom. The second-order valence-electron chi connectivity index (χ2n) is 7.86. The number of aromatic nitrogens is 1. The lowest BCUT2D eigenvalue weighted by atomic mass is 10.1. The lowest BCUT2D eigenvalue weighted by Crippen LogP contribution is -2.29. The predicted molar refractivity (Wildman–Crippen MR) is 115 cm³/mol. The molecule has 1 aromatic heterocycles. The van der Waals surface area contributed by atoms with E-state index in [0.29, 0.717) is 5.56 Å². The van der Waals surface area contributed by atoms with Crippen molar-refractivity contribution in [2.75, 3.05) is 41.3 Å². The van der Waals surface area contributed by atoms with Crippen molar-refractivity contribution in [3.63, 3.8) is 0 Å². The number of benzene rings is 1. The van der Waals surface area contributed by atoms with Crippen LogP contribution >= 0.6 is 0 Å². The van der Waals surface area contributed by atoms with Crippen LogP contribution in [0.1, 0.15) is 55.3 Å². The first-order valence-electron chi connectivity index (χ1n) is 10.7. The fraction of sp³-hybridized carbons (Fsp3) is 0.478. The van der Waals surface area contributed by atoms with Crippen LogP contribution in [0.5, 0.6) is 0 Å². The Labute approximate surface area is 167 Å². The van der Waals surface area contributed by atoms with Crippen LogP contribution in [-0.2, 0) is 0 Å². The van der Waals surface area contributed by atoms with Gasteiger partial charge >= 0.3 is 0 Å². The zero-order valence-corrected chi connectivity index (χ0v) is 16.6. The van der Waals surface area contributed by atoms with Crippen molar-refractivity contribution >= 4 is 23.1 Å². The first kappa shape index (κ1) is 18.8. The molecule has 2 aliphatic heterocycles. The van der Waals surface area contributed by atoms with Crippen LogP contribution in [0.4, 0.5) is 17.2 Å². The number of rotatable bonds is 4. The van der Waals surface area contributed by atoms with Gasteiger partial charge in [0.2, 0.25) is 0 Å². The number of carbonyl (C=O) groups excluding carboxylic acids is 1. The molecule has 0 atom stereocenters. The summed E-state index contributed by atoms with van der Waals surface area (Å²) < 4.78 is 0. The molecule has 3 heterocycles. The Bertz CT molecular complexity index is 758. The van der Waals surface area contributed by atoms with Gasteiger partial charge in [0.15, 0.2) is 0 Å². The molecule has 1 amide bonds. The highest BCUT2D eigenvalue weighted by Gasteiger charge is 2.14. The molecule has 2 fully saturated rings. The topological polar surface area (TPSA) is 48.5 Å². The van der Waals surface area contributed by atoms with E-state index in [0.717, 1.165) is 37.7 Å². The number of hydrogen-bond donors (Lipinski definition) is 1. The molecular formula is C23H30N4O. The Morgan fingerprint density at radius 3 is 1.96 bits per heavy atom. The molecule has 5 nitrogen and oxygen atoms in total. The van der Waals surface area contributed by atoms with Crippen molar-refractivity contribution in [3.05, 3.63) is 48.2 Å². The molecule has 2 saturated heterocycles. The quantitative estimate of drug-likeness (QED) is 0.837. The average molecular weight is 379 g/mol. The van der Waals surface area contributed by atoms with Gasteiger partial charge in [-0.2, -0.15) is 0 Å². The Balaban J connectivity index is 1.36. The van der Waals surface area contributed by atoms with E-state index in [1.807, 2.05) is 24.3 Å². The Kier molecular flexibility index (Phi) is 6.10. The molecule has 0 radical (unpaired) electrons. The maximum atomic E-state index is 12.6. The SMILES string of the molecule is O=C(Nc1ccc(N2CCCCC2)cc1)c1ccc(N2CCCCCC2)nc1. The highest BCUT2D eigenvalue weighted by molar-refractivity contribution is 6.04. The number of amides is 1. The van der Waals surface area contributed by atoms with E-state index in [1.54, 1.807) is 6.20 Å². The lowest BCUT2D eigenvalue weighted by molar-refractivity contribution is 0.102. The van der Waals surface area contributed by atoms with Gasteiger partial charge in [-0.3, -0.25) is 4.79 Å². The summed E-state index contributed by atoms with van der Waals surface area (Å²) in [5, 5.41) is 2.99. The second-order valence-corrected chi connectivity index (χ2v) is 7.86. The van der Waals surface area contributed by atoms with Crippen molar-refractivity contribution in [1.82, 2.24) is 4.98 Å². The number of nitrogens with one attached hydrogen (secondary N) is 1. The number of nitrogens with zero attached hydrogens (tertiary/aromatic N) is 3. The van der Waals surface area contributed by atoms with Crippen LogP contribution in [0.25, 0.3) is 0 Å². The molecule has 0 spiro atoms. The fourth-order valence-electron chi connectivity index (χ4n) is 4.12. The molecule has 0 bridgehead atoms. The maximum absolute atomic E-state index is 12.6. The minimum atomic E-state index is -0.111. The van der Waals surface area contributed by atoms with Gasteiger partial charge in [0.1, 0.15) is 5.82 Å². The highest BCUT2D eigenvalue weighted by Crippen LogP contribution is 2.22. The molecule has 4 rings (SSSR count). The van der Waals surface area contributed by atoms with Gasteiger partial charge in [0.25, 0.3) is 5.91 Å². The number of pyridine rings is 1. The zero-order valence-electron chi connectivity index (χ0n) is 16.6.